The molecule has 1 atom stereocenters. The fraction of sp³-hybridized carbons (Fsp3) is 0.278. The number of aliphatic hydroxyl groups is 1. The van der Waals surface area contributed by atoms with Gasteiger partial charge in [-0.15, -0.1) is 0 Å². The molecule has 122 valence electrons. The van der Waals surface area contributed by atoms with Gasteiger partial charge in [0.2, 0.25) is 0 Å². The van der Waals surface area contributed by atoms with Crippen LogP contribution in [0.3, 0.4) is 0 Å². The van der Waals surface area contributed by atoms with Gasteiger partial charge in [-0.25, -0.2) is 4.79 Å². The standard InChI is InChI=1S/C18H22N2O3/c1-12-8-9-15(17(10-12)23-3)20-18(22)19-11-16(21)14-7-5-4-6-13(14)2/h4-10,16,21H,11H2,1-3H3,(H2,19,20,22). The zero-order chi connectivity index (χ0) is 16.8. The van der Waals surface area contributed by atoms with E-state index in [1.54, 1.807) is 13.2 Å². The van der Waals surface area contributed by atoms with Gasteiger partial charge >= 0.3 is 6.03 Å². The van der Waals surface area contributed by atoms with Crippen molar-refractivity contribution < 1.29 is 14.6 Å². The van der Waals surface area contributed by atoms with E-state index >= 15 is 0 Å². The first kappa shape index (κ1) is 16.8. The number of carbonyl (C=O) groups is 1. The number of rotatable bonds is 5. The van der Waals surface area contributed by atoms with Gasteiger partial charge in [-0.2, -0.15) is 0 Å². The largest absolute Gasteiger partial charge is 0.495 e. The van der Waals surface area contributed by atoms with E-state index in [1.807, 2.05) is 50.2 Å². The van der Waals surface area contributed by atoms with Crippen LogP contribution in [0.5, 0.6) is 5.75 Å². The molecule has 0 aromatic heterocycles. The first-order valence-corrected chi connectivity index (χ1v) is 7.44. The number of benzene rings is 2. The predicted molar refractivity (Wildman–Crippen MR) is 90.9 cm³/mol. The van der Waals surface area contributed by atoms with Crippen LogP contribution in [0.15, 0.2) is 42.5 Å². The number of methoxy groups -OCH3 is 1. The van der Waals surface area contributed by atoms with Gasteiger partial charge in [-0.1, -0.05) is 30.3 Å². The number of hydrogen-bond acceptors (Lipinski definition) is 3. The second-order valence-electron chi connectivity index (χ2n) is 5.41. The fourth-order valence-electron chi connectivity index (χ4n) is 2.33. The minimum atomic E-state index is -0.748. The Kier molecular flexibility index (Phi) is 5.60. The summed E-state index contributed by atoms with van der Waals surface area (Å²) < 4.78 is 5.25. The lowest BCUT2D eigenvalue weighted by atomic mass is 10.0. The van der Waals surface area contributed by atoms with Crippen LogP contribution in [0.4, 0.5) is 10.5 Å². The summed E-state index contributed by atoms with van der Waals surface area (Å²) in [6, 6.07) is 12.7. The second kappa shape index (κ2) is 7.65. The van der Waals surface area contributed by atoms with Crippen LogP contribution in [-0.4, -0.2) is 24.8 Å². The Hall–Kier alpha value is -2.53. The molecule has 5 nitrogen and oxygen atoms in total. The van der Waals surface area contributed by atoms with Crippen LogP contribution in [0.2, 0.25) is 0 Å². The van der Waals surface area contributed by atoms with Crippen LogP contribution >= 0.6 is 0 Å². The van der Waals surface area contributed by atoms with Gasteiger partial charge in [0.15, 0.2) is 0 Å². The molecular formula is C18H22N2O3. The molecule has 0 saturated carbocycles. The number of carbonyl (C=O) groups excluding carboxylic acids is 1. The average Bonchev–Trinajstić information content (AvgIpc) is 2.54. The minimum absolute atomic E-state index is 0.130. The Morgan fingerprint density at radius 1 is 1.22 bits per heavy atom. The molecule has 2 aromatic rings. The fourth-order valence-corrected chi connectivity index (χ4v) is 2.33. The minimum Gasteiger partial charge on any atom is -0.495 e. The number of amides is 2. The highest BCUT2D eigenvalue weighted by atomic mass is 16.5. The van der Waals surface area contributed by atoms with Crippen LogP contribution < -0.4 is 15.4 Å². The molecule has 0 fully saturated rings. The van der Waals surface area contributed by atoms with Gasteiger partial charge in [-0.3, -0.25) is 0 Å². The number of urea groups is 1. The van der Waals surface area contributed by atoms with E-state index < -0.39 is 6.10 Å². The highest BCUT2D eigenvalue weighted by Gasteiger charge is 2.12. The number of aryl methyl sites for hydroxylation is 2. The SMILES string of the molecule is COc1cc(C)ccc1NC(=O)NCC(O)c1ccccc1C. The Balaban J connectivity index is 1.94. The van der Waals surface area contributed by atoms with Gasteiger partial charge in [0, 0.05) is 6.54 Å². The van der Waals surface area contributed by atoms with Crippen molar-refractivity contribution in [2.45, 2.75) is 20.0 Å². The number of aliphatic hydroxyl groups excluding tert-OH is 1. The summed E-state index contributed by atoms with van der Waals surface area (Å²) in [5.74, 6) is 0.597. The van der Waals surface area contributed by atoms with Crippen molar-refractivity contribution in [2.75, 3.05) is 19.0 Å². The molecule has 1 unspecified atom stereocenters. The summed E-state index contributed by atoms with van der Waals surface area (Å²) in [4.78, 5) is 12.0. The van der Waals surface area contributed by atoms with Gasteiger partial charge in [0.25, 0.3) is 0 Å². The first-order chi connectivity index (χ1) is 11.0. The van der Waals surface area contributed by atoms with E-state index in [0.717, 1.165) is 16.7 Å². The van der Waals surface area contributed by atoms with Crippen molar-refractivity contribution in [1.82, 2.24) is 5.32 Å². The summed E-state index contributed by atoms with van der Waals surface area (Å²) in [6.45, 7) is 4.01. The molecule has 0 heterocycles. The highest BCUT2D eigenvalue weighted by Crippen LogP contribution is 2.25. The van der Waals surface area contributed by atoms with Crippen molar-refractivity contribution >= 4 is 11.7 Å². The average molecular weight is 314 g/mol. The third-order valence-corrected chi connectivity index (χ3v) is 3.61. The summed E-state index contributed by atoms with van der Waals surface area (Å²) in [5.41, 5.74) is 3.42. The number of hydrogen-bond donors (Lipinski definition) is 3. The molecule has 0 radical (unpaired) electrons. The van der Waals surface area contributed by atoms with Crippen LogP contribution in [0, 0.1) is 13.8 Å². The second-order valence-corrected chi connectivity index (χ2v) is 5.41. The number of anilines is 1. The summed E-state index contributed by atoms with van der Waals surface area (Å²) >= 11 is 0. The molecule has 23 heavy (non-hydrogen) atoms. The summed E-state index contributed by atoms with van der Waals surface area (Å²) in [6.07, 6.45) is -0.748. The molecule has 0 bridgehead atoms. The lowest BCUT2D eigenvalue weighted by Gasteiger charge is -2.16. The Morgan fingerprint density at radius 3 is 2.65 bits per heavy atom. The third kappa shape index (κ3) is 4.47. The molecule has 2 amide bonds. The molecule has 5 heteroatoms. The number of ether oxygens (including phenoxy) is 1. The molecule has 0 aliphatic heterocycles. The normalized spacial score (nSPS) is 11.7. The van der Waals surface area contributed by atoms with Crippen molar-refractivity contribution in [3.8, 4) is 5.75 Å². The quantitative estimate of drug-likeness (QED) is 0.794. The zero-order valence-electron chi connectivity index (χ0n) is 13.6. The zero-order valence-corrected chi connectivity index (χ0v) is 13.6. The van der Waals surface area contributed by atoms with Gasteiger partial charge < -0.3 is 20.5 Å². The summed E-state index contributed by atoms with van der Waals surface area (Å²) in [5, 5.41) is 15.6. The predicted octanol–water partition coefficient (Wildman–Crippen LogP) is 3.17. The molecule has 0 spiro atoms. The van der Waals surface area contributed by atoms with E-state index in [0.29, 0.717) is 11.4 Å². The Bertz CT molecular complexity index is 686. The van der Waals surface area contributed by atoms with E-state index in [4.69, 9.17) is 4.74 Å². The topological polar surface area (TPSA) is 70.6 Å². The van der Waals surface area contributed by atoms with Gasteiger partial charge in [0.1, 0.15) is 5.75 Å². The first-order valence-electron chi connectivity index (χ1n) is 7.44. The number of nitrogens with one attached hydrogen (secondary N) is 2. The van der Waals surface area contributed by atoms with Crippen molar-refractivity contribution in [2.24, 2.45) is 0 Å². The van der Waals surface area contributed by atoms with Crippen LogP contribution in [0.1, 0.15) is 22.8 Å². The van der Waals surface area contributed by atoms with E-state index in [2.05, 4.69) is 10.6 Å². The lowest BCUT2D eigenvalue weighted by molar-refractivity contribution is 0.174. The molecule has 2 rings (SSSR count). The molecule has 2 aromatic carbocycles. The lowest BCUT2D eigenvalue weighted by Crippen LogP contribution is -2.32. The van der Waals surface area contributed by atoms with E-state index in [1.165, 1.54) is 0 Å². The van der Waals surface area contributed by atoms with Crippen molar-refractivity contribution in [1.29, 1.82) is 0 Å². The highest BCUT2D eigenvalue weighted by molar-refractivity contribution is 5.91. The van der Waals surface area contributed by atoms with E-state index in [-0.39, 0.29) is 12.6 Å². The van der Waals surface area contributed by atoms with Crippen LogP contribution in [-0.2, 0) is 0 Å². The molecule has 3 N–H and O–H groups in total. The molecular weight excluding hydrogens is 292 g/mol. The van der Waals surface area contributed by atoms with Crippen LogP contribution in [0.25, 0.3) is 0 Å². The molecule has 0 aliphatic rings. The molecule has 0 saturated heterocycles. The third-order valence-electron chi connectivity index (χ3n) is 3.61. The molecule has 0 aliphatic carbocycles. The Labute approximate surface area is 136 Å². The smallest absolute Gasteiger partial charge is 0.319 e. The van der Waals surface area contributed by atoms with Crippen molar-refractivity contribution in [3.05, 3.63) is 59.2 Å². The van der Waals surface area contributed by atoms with E-state index in [9.17, 15) is 9.90 Å². The Morgan fingerprint density at radius 2 is 1.96 bits per heavy atom. The maximum atomic E-state index is 12.0. The maximum absolute atomic E-state index is 12.0. The summed E-state index contributed by atoms with van der Waals surface area (Å²) in [7, 11) is 1.56. The monoisotopic (exact) mass is 314 g/mol. The maximum Gasteiger partial charge on any atom is 0.319 e. The van der Waals surface area contributed by atoms with Crippen molar-refractivity contribution in [3.63, 3.8) is 0 Å². The van der Waals surface area contributed by atoms with Gasteiger partial charge in [-0.05, 0) is 42.7 Å². The van der Waals surface area contributed by atoms with Gasteiger partial charge in [0.05, 0.1) is 18.9 Å².